The summed E-state index contributed by atoms with van der Waals surface area (Å²) in [4.78, 5) is 23.5. The fourth-order valence-electron chi connectivity index (χ4n) is 1.87. The zero-order valence-electron chi connectivity index (χ0n) is 12.1. The second-order valence-electron chi connectivity index (χ2n) is 5.63. The first-order valence-electron chi connectivity index (χ1n) is 6.37. The van der Waals surface area contributed by atoms with Crippen LogP contribution in [-0.4, -0.2) is 20.3 Å². The highest BCUT2D eigenvalue weighted by Crippen LogP contribution is 2.33. The van der Waals surface area contributed by atoms with Gasteiger partial charge in [-0.05, 0) is 31.8 Å². The molecule has 2 aromatic rings. The van der Waals surface area contributed by atoms with Crippen molar-refractivity contribution in [3.63, 3.8) is 0 Å². The van der Waals surface area contributed by atoms with Crippen LogP contribution in [-0.2, 0) is 0 Å². The highest BCUT2D eigenvalue weighted by molar-refractivity contribution is 6.70. The fourth-order valence-corrected chi connectivity index (χ4v) is 2.70. The minimum atomic E-state index is -5.19. The van der Waals surface area contributed by atoms with E-state index < -0.39 is 31.5 Å². The average Bonchev–Trinajstić information content (AvgIpc) is 2.35. The van der Waals surface area contributed by atoms with Crippen molar-refractivity contribution in [1.29, 1.82) is 0 Å². The van der Waals surface area contributed by atoms with Crippen molar-refractivity contribution >= 4 is 25.1 Å². The second-order valence-corrected chi connectivity index (χ2v) is 10.1. The summed E-state index contributed by atoms with van der Waals surface area (Å²) < 4.78 is 48.7. The Hall–Kier alpha value is -2.09. The van der Waals surface area contributed by atoms with Crippen molar-refractivity contribution in [3.05, 3.63) is 40.2 Å². The first kappa shape index (κ1) is 16.3. The summed E-state index contributed by atoms with van der Waals surface area (Å²) in [6.07, 6.45) is -5.19. The molecule has 22 heavy (non-hydrogen) atoms. The normalized spacial score (nSPS) is 12.5. The van der Waals surface area contributed by atoms with Gasteiger partial charge in [0.05, 0.1) is 5.39 Å². The molecule has 1 aromatic carbocycles. The summed E-state index contributed by atoms with van der Waals surface area (Å²) in [6, 6.07) is 5.99. The van der Waals surface area contributed by atoms with Gasteiger partial charge in [0, 0.05) is 0 Å². The van der Waals surface area contributed by atoms with Gasteiger partial charge in [-0.1, -0.05) is 12.1 Å². The van der Waals surface area contributed by atoms with Crippen molar-refractivity contribution < 1.29 is 26.8 Å². The number of hydrogen-bond acceptors (Lipinski definition) is 4. The van der Waals surface area contributed by atoms with Crippen LogP contribution in [0.1, 0.15) is 10.4 Å². The molecule has 1 aromatic heterocycles. The number of ketones is 1. The molecule has 8 heteroatoms. The Bertz CT molecular complexity index is 787. The summed E-state index contributed by atoms with van der Waals surface area (Å²) in [6.45, 7) is 5.20. The lowest BCUT2D eigenvalue weighted by Gasteiger charge is -2.22. The molecule has 0 radical (unpaired) electrons. The van der Waals surface area contributed by atoms with Crippen LogP contribution in [0.5, 0.6) is 5.75 Å². The van der Waals surface area contributed by atoms with Crippen molar-refractivity contribution in [2.75, 3.05) is 0 Å². The third-order valence-electron chi connectivity index (χ3n) is 2.66. The monoisotopic (exact) mass is 330 g/mol. The number of hydrogen-bond donors (Lipinski definition) is 0. The van der Waals surface area contributed by atoms with Gasteiger partial charge in [-0.15, -0.1) is 0 Å². The van der Waals surface area contributed by atoms with E-state index in [9.17, 15) is 22.8 Å². The standard InChI is InChI=1S/C14H13F3O4Si/c1-22(2,3)21-11-8-6-4-5-7-9(8)20-13(19)10(11)12(18)14(15,16)17/h4-7H,1-3H3. The zero-order valence-corrected chi connectivity index (χ0v) is 13.1. The van der Waals surface area contributed by atoms with Crippen LogP contribution in [0, 0.1) is 0 Å². The van der Waals surface area contributed by atoms with Crippen molar-refractivity contribution in [2.45, 2.75) is 25.8 Å². The lowest BCUT2D eigenvalue weighted by molar-refractivity contribution is -0.0888. The predicted octanol–water partition coefficient (Wildman–Crippen LogP) is 3.75. The zero-order chi connectivity index (χ0) is 16.7. The molecule has 0 bridgehead atoms. The van der Waals surface area contributed by atoms with E-state index in [1.807, 2.05) is 0 Å². The van der Waals surface area contributed by atoms with Gasteiger partial charge in [0.25, 0.3) is 5.78 Å². The van der Waals surface area contributed by atoms with Crippen molar-refractivity contribution in [3.8, 4) is 5.75 Å². The van der Waals surface area contributed by atoms with E-state index in [-0.39, 0.29) is 16.7 Å². The summed E-state index contributed by atoms with van der Waals surface area (Å²) in [5.41, 5.74) is -2.39. The number of alkyl halides is 3. The lowest BCUT2D eigenvalue weighted by Crippen LogP contribution is -2.34. The van der Waals surface area contributed by atoms with E-state index in [0.717, 1.165) is 0 Å². The third-order valence-corrected chi connectivity index (χ3v) is 3.47. The molecule has 0 unspecified atom stereocenters. The quantitative estimate of drug-likeness (QED) is 0.488. The van der Waals surface area contributed by atoms with E-state index >= 15 is 0 Å². The lowest BCUT2D eigenvalue weighted by atomic mass is 10.1. The van der Waals surface area contributed by atoms with Gasteiger partial charge in [-0.3, -0.25) is 4.79 Å². The molecular weight excluding hydrogens is 317 g/mol. The van der Waals surface area contributed by atoms with Gasteiger partial charge >= 0.3 is 11.8 Å². The Kier molecular flexibility index (Phi) is 3.90. The number of carbonyl (C=O) groups is 1. The maximum Gasteiger partial charge on any atom is 0.455 e. The Morgan fingerprint density at radius 1 is 1.18 bits per heavy atom. The molecule has 0 fully saturated rings. The molecule has 2 rings (SSSR count). The van der Waals surface area contributed by atoms with Gasteiger partial charge in [0.2, 0.25) is 8.32 Å². The number of rotatable bonds is 3. The predicted molar refractivity (Wildman–Crippen MR) is 76.8 cm³/mol. The van der Waals surface area contributed by atoms with Crippen LogP contribution in [0.25, 0.3) is 11.0 Å². The highest BCUT2D eigenvalue weighted by atomic mass is 28.4. The Labute approximate surface area is 124 Å². The first-order valence-corrected chi connectivity index (χ1v) is 9.78. The highest BCUT2D eigenvalue weighted by Gasteiger charge is 2.44. The van der Waals surface area contributed by atoms with E-state index in [4.69, 9.17) is 8.84 Å². The Morgan fingerprint density at radius 3 is 2.32 bits per heavy atom. The number of fused-ring (bicyclic) bond motifs is 1. The van der Waals surface area contributed by atoms with E-state index in [2.05, 4.69) is 0 Å². The van der Waals surface area contributed by atoms with Crippen LogP contribution < -0.4 is 10.1 Å². The molecular formula is C14H13F3O4Si. The summed E-state index contributed by atoms with van der Waals surface area (Å²) in [7, 11) is -2.37. The number of benzene rings is 1. The van der Waals surface area contributed by atoms with Gasteiger partial charge in [0.1, 0.15) is 11.3 Å². The third kappa shape index (κ3) is 3.21. The summed E-state index contributed by atoms with van der Waals surface area (Å²) in [5.74, 6) is -2.62. The summed E-state index contributed by atoms with van der Waals surface area (Å²) >= 11 is 0. The molecule has 0 aliphatic heterocycles. The minimum Gasteiger partial charge on any atom is -0.543 e. The molecule has 0 amide bonds. The first-order chi connectivity index (χ1) is 10.0. The Morgan fingerprint density at radius 2 is 1.77 bits per heavy atom. The van der Waals surface area contributed by atoms with Gasteiger partial charge < -0.3 is 8.84 Å². The minimum absolute atomic E-state index is 0.0690. The molecule has 0 saturated carbocycles. The van der Waals surface area contributed by atoms with Crippen LogP contribution in [0.3, 0.4) is 0 Å². The van der Waals surface area contributed by atoms with Gasteiger partial charge in [0.15, 0.2) is 5.56 Å². The van der Waals surface area contributed by atoms with Crippen molar-refractivity contribution in [2.24, 2.45) is 0 Å². The molecule has 0 N–H and O–H groups in total. The van der Waals surface area contributed by atoms with Gasteiger partial charge in [-0.25, -0.2) is 4.79 Å². The number of halogens is 3. The van der Waals surface area contributed by atoms with E-state index in [0.29, 0.717) is 0 Å². The largest absolute Gasteiger partial charge is 0.543 e. The SMILES string of the molecule is C[Si](C)(C)Oc1c(C(=O)C(F)(F)F)c(=O)oc2ccccc12. The van der Waals surface area contributed by atoms with Crippen LogP contribution in [0.15, 0.2) is 33.5 Å². The average molecular weight is 330 g/mol. The maximum atomic E-state index is 12.8. The Balaban J connectivity index is 2.84. The molecule has 4 nitrogen and oxygen atoms in total. The van der Waals surface area contributed by atoms with Gasteiger partial charge in [-0.2, -0.15) is 13.2 Å². The molecule has 1 heterocycles. The van der Waals surface area contributed by atoms with E-state index in [1.165, 1.54) is 12.1 Å². The second kappa shape index (κ2) is 5.27. The van der Waals surface area contributed by atoms with Crippen LogP contribution in [0.4, 0.5) is 13.2 Å². The molecule has 0 saturated heterocycles. The number of Topliss-reactive ketones (excluding diaryl/α,β-unsaturated/α-hetero) is 1. The molecule has 0 atom stereocenters. The topological polar surface area (TPSA) is 56.5 Å². The number of carbonyl (C=O) groups excluding carboxylic acids is 1. The maximum absolute atomic E-state index is 12.8. The molecule has 0 aliphatic rings. The summed E-state index contributed by atoms with van der Waals surface area (Å²) in [5, 5.41) is 0.164. The molecule has 118 valence electrons. The molecule has 0 spiro atoms. The fraction of sp³-hybridized carbons (Fsp3) is 0.286. The van der Waals surface area contributed by atoms with E-state index in [1.54, 1.807) is 31.8 Å². The smallest absolute Gasteiger partial charge is 0.455 e. The van der Waals surface area contributed by atoms with Crippen molar-refractivity contribution in [1.82, 2.24) is 0 Å². The number of para-hydroxylation sites is 1. The van der Waals surface area contributed by atoms with Crippen LogP contribution >= 0.6 is 0 Å². The molecule has 0 aliphatic carbocycles. The van der Waals surface area contributed by atoms with Crippen LogP contribution in [0.2, 0.25) is 19.6 Å².